The average molecular weight is 199 g/mol. The van der Waals surface area contributed by atoms with Gasteiger partial charge in [0.2, 0.25) is 0 Å². The van der Waals surface area contributed by atoms with Crippen LogP contribution in [0.25, 0.3) is 0 Å². The molecule has 0 radical (unpaired) electrons. The molecule has 3 nitrogen and oxygen atoms in total. The molecule has 3 heteroatoms. The Kier molecular flexibility index (Phi) is 2.91. The summed E-state index contributed by atoms with van der Waals surface area (Å²) in [7, 11) is 0. The second-order valence-corrected chi connectivity index (χ2v) is 5.28. The molecule has 1 aliphatic rings. The fraction of sp³-hybridized carbons (Fsp3) is 0.909. The number of esters is 1. The number of hydrogen-bond donors (Lipinski definition) is 1. The Balaban J connectivity index is 2.43. The maximum Gasteiger partial charge on any atom is 0.325 e. The minimum Gasteiger partial charge on any atom is -0.459 e. The molecule has 0 amide bonds. The van der Waals surface area contributed by atoms with Crippen LogP contribution in [0, 0.1) is 0 Å². The Labute approximate surface area is 86.2 Å². The van der Waals surface area contributed by atoms with Crippen LogP contribution in [0.15, 0.2) is 0 Å². The minimum absolute atomic E-state index is 0.0168. The molecule has 0 aromatic rings. The van der Waals surface area contributed by atoms with Gasteiger partial charge in [-0.2, -0.15) is 0 Å². The molecule has 14 heavy (non-hydrogen) atoms. The molecule has 82 valence electrons. The van der Waals surface area contributed by atoms with Gasteiger partial charge in [0.25, 0.3) is 0 Å². The third kappa shape index (κ3) is 2.71. The zero-order chi connectivity index (χ0) is 11.0. The number of hydrogen-bond acceptors (Lipinski definition) is 3. The molecule has 1 N–H and O–H groups in total. The van der Waals surface area contributed by atoms with Crippen molar-refractivity contribution < 1.29 is 9.53 Å². The Hall–Kier alpha value is -0.570. The number of carbonyl (C=O) groups is 1. The lowest BCUT2D eigenvalue weighted by atomic mass is 10.0. The molecule has 0 spiro atoms. The van der Waals surface area contributed by atoms with Gasteiger partial charge in [-0.05, 0) is 34.1 Å². The summed E-state index contributed by atoms with van der Waals surface area (Å²) < 4.78 is 5.30. The van der Waals surface area contributed by atoms with Crippen LogP contribution >= 0.6 is 0 Å². The van der Waals surface area contributed by atoms with Crippen molar-refractivity contribution in [3.05, 3.63) is 0 Å². The normalized spacial score (nSPS) is 31.4. The van der Waals surface area contributed by atoms with Crippen LogP contribution in [0.3, 0.4) is 0 Å². The topological polar surface area (TPSA) is 48.2 Å². The fourth-order valence-electron chi connectivity index (χ4n) is 1.70. The van der Waals surface area contributed by atoms with Crippen LogP contribution in [0.2, 0.25) is 0 Å². The van der Waals surface area contributed by atoms with E-state index >= 15 is 0 Å². The second kappa shape index (κ2) is 3.54. The van der Waals surface area contributed by atoms with Gasteiger partial charge in [0.15, 0.2) is 0 Å². The van der Waals surface area contributed by atoms with E-state index in [0.29, 0.717) is 0 Å². The van der Waals surface area contributed by atoms with E-state index in [2.05, 4.69) is 19.2 Å². The van der Waals surface area contributed by atoms with Crippen LogP contribution < -0.4 is 5.32 Å². The van der Waals surface area contributed by atoms with Gasteiger partial charge in [-0.1, -0.05) is 13.3 Å². The summed E-state index contributed by atoms with van der Waals surface area (Å²) in [5.74, 6) is -0.117. The third-order valence-corrected chi connectivity index (χ3v) is 2.44. The lowest BCUT2D eigenvalue weighted by molar-refractivity contribution is -0.154. The number of nitrogens with one attached hydrogen (secondary N) is 1. The second-order valence-electron chi connectivity index (χ2n) is 5.28. The van der Waals surface area contributed by atoms with Crippen LogP contribution in [-0.4, -0.2) is 23.2 Å². The quantitative estimate of drug-likeness (QED) is 0.557. The summed E-state index contributed by atoms with van der Waals surface area (Å²) in [6, 6.07) is -0.0957. The van der Waals surface area contributed by atoms with Crippen molar-refractivity contribution in [3.8, 4) is 0 Å². The summed E-state index contributed by atoms with van der Waals surface area (Å²) in [5, 5.41) is 3.19. The number of carbonyl (C=O) groups excluding carboxylic acids is 1. The zero-order valence-corrected chi connectivity index (χ0v) is 9.81. The molecule has 0 aromatic heterocycles. The maximum absolute atomic E-state index is 11.6. The van der Waals surface area contributed by atoms with E-state index in [1.165, 1.54) is 0 Å². The minimum atomic E-state index is -0.380. The first-order chi connectivity index (χ1) is 6.28. The predicted molar refractivity (Wildman–Crippen MR) is 56.1 cm³/mol. The molecule has 0 unspecified atom stereocenters. The average Bonchev–Trinajstić information content (AvgIpc) is 2.59. The van der Waals surface area contributed by atoms with E-state index in [1.807, 2.05) is 20.8 Å². The third-order valence-electron chi connectivity index (χ3n) is 2.44. The van der Waals surface area contributed by atoms with Crippen LogP contribution in [0.1, 0.15) is 47.5 Å². The van der Waals surface area contributed by atoms with E-state index in [4.69, 9.17) is 4.74 Å². The molecule has 0 aromatic carbocycles. The van der Waals surface area contributed by atoms with Gasteiger partial charge < -0.3 is 4.74 Å². The highest BCUT2D eigenvalue weighted by atomic mass is 16.6. The maximum atomic E-state index is 11.6. The largest absolute Gasteiger partial charge is 0.459 e. The molecule has 1 rings (SSSR count). The van der Waals surface area contributed by atoms with Crippen LogP contribution in [-0.2, 0) is 9.53 Å². The van der Waals surface area contributed by atoms with Gasteiger partial charge in [-0.3, -0.25) is 10.1 Å². The molecule has 0 saturated carbocycles. The molecule has 1 fully saturated rings. The Bertz CT molecular complexity index is 232. The number of rotatable bonds is 3. The summed E-state index contributed by atoms with van der Waals surface area (Å²) in [6.07, 6.45) is 2.11. The van der Waals surface area contributed by atoms with Crippen LogP contribution in [0.5, 0.6) is 0 Å². The van der Waals surface area contributed by atoms with Crippen molar-refractivity contribution >= 4 is 5.97 Å². The highest BCUT2D eigenvalue weighted by Gasteiger charge is 2.54. The molecule has 1 heterocycles. The SMILES string of the molecule is CCC[C@@]1(C)N[C@@H]1C(=O)OC(C)(C)C. The monoisotopic (exact) mass is 199 g/mol. The molecule has 2 atom stereocenters. The van der Waals surface area contributed by atoms with Crippen molar-refractivity contribution in [3.63, 3.8) is 0 Å². The van der Waals surface area contributed by atoms with Crippen LogP contribution in [0.4, 0.5) is 0 Å². The predicted octanol–water partition coefficient (Wildman–Crippen LogP) is 1.86. The summed E-state index contributed by atoms with van der Waals surface area (Å²) in [4.78, 5) is 11.6. The highest BCUT2D eigenvalue weighted by Crippen LogP contribution is 2.32. The van der Waals surface area contributed by atoms with Crippen molar-refractivity contribution in [1.82, 2.24) is 5.32 Å². The van der Waals surface area contributed by atoms with E-state index in [1.54, 1.807) is 0 Å². The highest BCUT2D eigenvalue weighted by molar-refractivity contribution is 5.82. The van der Waals surface area contributed by atoms with E-state index in [0.717, 1.165) is 12.8 Å². The van der Waals surface area contributed by atoms with Gasteiger partial charge in [-0.25, -0.2) is 0 Å². The van der Waals surface area contributed by atoms with Crippen molar-refractivity contribution in [2.24, 2.45) is 0 Å². The van der Waals surface area contributed by atoms with Gasteiger partial charge in [0.1, 0.15) is 11.6 Å². The fourth-order valence-corrected chi connectivity index (χ4v) is 1.70. The van der Waals surface area contributed by atoms with Gasteiger partial charge >= 0.3 is 5.97 Å². The number of ether oxygens (including phenoxy) is 1. The van der Waals surface area contributed by atoms with Crippen molar-refractivity contribution in [2.45, 2.75) is 64.6 Å². The molecule has 1 aliphatic heterocycles. The zero-order valence-electron chi connectivity index (χ0n) is 9.81. The molecule has 1 saturated heterocycles. The summed E-state index contributed by atoms with van der Waals surface area (Å²) in [5.41, 5.74) is -0.397. The summed E-state index contributed by atoms with van der Waals surface area (Å²) in [6.45, 7) is 9.88. The smallest absolute Gasteiger partial charge is 0.325 e. The first-order valence-electron chi connectivity index (χ1n) is 5.29. The lowest BCUT2D eigenvalue weighted by Gasteiger charge is -2.19. The Morgan fingerprint density at radius 3 is 2.50 bits per heavy atom. The molecular weight excluding hydrogens is 178 g/mol. The molecular formula is C11H21NO2. The van der Waals surface area contributed by atoms with Gasteiger partial charge in [0, 0.05) is 5.54 Å². The molecule has 0 bridgehead atoms. The van der Waals surface area contributed by atoms with Crippen molar-refractivity contribution in [1.29, 1.82) is 0 Å². The Morgan fingerprint density at radius 1 is 1.50 bits per heavy atom. The van der Waals surface area contributed by atoms with E-state index in [-0.39, 0.29) is 23.2 Å². The van der Waals surface area contributed by atoms with Gasteiger partial charge in [0.05, 0.1) is 0 Å². The van der Waals surface area contributed by atoms with Gasteiger partial charge in [-0.15, -0.1) is 0 Å². The first-order valence-corrected chi connectivity index (χ1v) is 5.29. The van der Waals surface area contributed by atoms with Crippen molar-refractivity contribution in [2.75, 3.05) is 0 Å². The summed E-state index contributed by atoms with van der Waals surface area (Å²) >= 11 is 0. The first kappa shape index (κ1) is 11.5. The van der Waals surface area contributed by atoms with E-state index in [9.17, 15) is 4.79 Å². The van der Waals surface area contributed by atoms with E-state index < -0.39 is 0 Å². The Morgan fingerprint density at radius 2 is 2.07 bits per heavy atom. The standard InChI is InChI=1S/C11H21NO2/c1-6-7-11(5)8(12-11)9(13)14-10(2,3)4/h8,12H,6-7H2,1-5H3/t8-,11-/m1/s1. The lowest BCUT2D eigenvalue weighted by Crippen LogP contribution is -2.29. The molecule has 0 aliphatic carbocycles.